The zero-order valence-electron chi connectivity index (χ0n) is 18.4. The van der Waals surface area contributed by atoms with Crippen LogP contribution in [0.15, 0.2) is 29.4 Å². The van der Waals surface area contributed by atoms with Crippen LogP contribution in [0.5, 0.6) is 0 Å². The maximum absolute atomic E-state index is 13.5. The molecule has 0 saturated carbocycles. The van der Waals surface area contributed by atoms with E-state index in [4.69, 9.17) is 5.10 Å². The summed E-state index contributed by atoms with van der Waals surface area (Å²) in [5.41, 5.74) is 1.63. The lowest BCUT2D eigenvalue weighted by molar-refractivity contribution is -0.137. The van der Waals surface area contributed by atoms with Crippen LogP contribution >= 0.6 is 0 Å². The lowest BCUT2D eigenvalue weighted by Crippen LogP contribution is -2.65. The Morgan fingerprint density at radius 3 is 2.52 bits per heavy atom. The van der Waals surface area contributed by atoms with Crippen molar-refractivity contribution in [2.75, 3.05) is 27.2 Å². The van der Waals surface area contributed by atoms with Crippen LogP contribution in [-0.2, 0) is 4.79 Å². The number of nitrogens with one attached hydrogen (secondary N) is 1. The minimum atomic E-state index is -0.494. The summed E-state index contributed by atoms with van der Waals surface area (Å²) in [6.45, 7) is 3.37. The molecule has 0 aliphatic carbocycles. The second-order valence-corrected chi connectivity index (χ2v) is 8.52. The van der Waals surface area contributed by atoms with Crippen molar-refractivity contribution in [3.63, 3.8) is 0 Å². The van der Waals surface area contributed by atoms with Gasteiger partial charge in [-0.3, -0.25) is 20.0 Å². The fraction of sp³-hybridized carbons (Fsp3) is 0.591. The molecule has 3 amide bonds. The van der Waals surface area contributed by atoms with Gasteiger partial charge in [-0.1, -0.05) is 44.7 Å². The van der Waals surface area contributed by atoms with Crippen LogP contribution in [0.1, 0.15) is 44.6 Å². The minimum Gasteiger partial charge on any atom is -0.310 e. The van der Waals surface area contributed by atoms with Crippen molar-refractivity contribution in [2.24, 2.45) is 5.10 Å². The number of urea groups is 1. The lowest BCUT2D eigenvalue weighted by Gasteiger charge is -2.41. The van der Waals surface area contributed by atoms with E-state index in [2.05, 4.69) is 17.1 Å². The molecule has 3 heterocycles. The first kappa shape index (κ1) is 21.7. The normalized spacial score (nSPS) is 26.3. The number of hydrogen-bond acceptors (Lipinski definition) is 6. The van der Waals surface area contributed by atoms with Gasteiger partial charge in [-0.05, 0) is 24.1 Å². The van der Waals surface area contributed by atoms with Crippen molar-refractivity contribution in [3.8, 4) is 0 Å². The molecule has 3 aliphatic heterocycles. The third-order valence-electron chi connectivity index (χ3n) is 6.41. The number of benzene rings is 1. The summed E-state index contributed by atoms with van der Waals surface area (Å²) in [6.07, 6.45) is 5.02. The number of carbonyl (C=O) groups is 2. The molecule has 0 aromatic heterocycles. The molecule has 1 N–H and O–H groups in total. The summed E-state index contributed by atoms with van der Waals surface area (Å²) in [5, 5.41) is 10.3. The van der Waals surface area contributed by atoms with Crippen molar-refractivity contribution >= 4 is 17.6 Å². The highest BCUT2D eigenvalue weighted by Crippen LogP contribution is 2.30. The largest absolute Gasteiger partial charge is 0.327 e. The van der Waals surface area contributed by atoms with E-state index in [1.54, 1.807) is 24.1 Å². The van der Waals surface area contributed by atoms with E-state index in [1.807, 2.05) is 5.01 Å². The molecule has 8 nitrogen and oxygen atoms in total. The molecule has 2 fully saturated rings. The number of hydrazone groups is 1. The van der Waals surface area contributed by atoms with Gasteiger partial charge >= 0.3 is 6.03 Å². The van der Waals surface area contributed by atoms with Gasteiger partial charge in [0, 0.05) is 27.2 Å². The molecule has 9 heteroatoms. The maximum atomic E-state index is 13.5. The number of fused-ring (bicyclic) bond motifs is 3. The third-order valence-corrected chi connectivity index (χ3v) is 6.41. The molecule has 0 bridgehead atoms. The Labute approximate surface area is 182 Å². The first-order chi connectivity index (χ1) is 14.9. The van der Waals surface area contributed by atoms with Gasteiger partial charge in [-0.2, -0.15) is 5.10 Å². The summed E-state index contributed by atoms with van der Waals surface area (Å²) < 4.78 is 13.5. The molecule has 3 atom stereocenters. The van der Waals surface area contributed by atoms with Crippen molar-refractivity contribution in [3.05, 3.63) is 35.6 Å². The Bertz CT molecular complexity index is 860. The number of unbranched alkanes of at least 4 members (excludes halogenated alkanes) is 4. The van der Waals surface area contributed by atoms with E-state index < -0.39 is 12.2 Å². The monoisotopic (exact) mass is 430 g/mol. The van der Waals surface area contributed by atoms with Crippen LogP contribution in [0, 0.1) is 5.82 Å². The zero-order chi connectivity index (χ0) is 22.1. The van der Waals surface area contributed by atoms with E-state index in [9.17, 15) is 14.0 Å². The topological polar surface area (TPSA) is 71.5 Å². The van der Waals surface area contributed by atoms with Gasteiger partial charge in [0.1, 0.15) is 18.0 Å². The Kier molecular flexibility index (Phi) is 6.24. The highest BCUT2D eigenvalue weighted by Gasteiger charge is 2.55. The molecule has 31 heavy (non-hydrogen) atoms. The standard InChI is InChI=1S/C22H31FN6O2/c1-4-5-6-7-8-13-29-21-24-19-18(20(30)27(3)22(31)26(19)2)28(21)14-17(25-29)15-9-11-16(23)12-10-15/h9-12,18-19,21,24H,4-8,13-14H2,1-3H3. The number of carbonyl (C=O) groups excluding carboxylic acids is 2. The fourth-order valence-corrected chi connectivity index (χ4v) is 4.62. The molecular formula is C22H31FN6O2. The molecule has 3 aliphatic rings. The van der Waals surface area contributed by atoms with Gasteiger partial charge in [0.05, 0.1) is 5.71 Å². The molecule has 1 aromatic carbocycles. The second-order valence-electron chi connectivity index (χ2n) is 8.52. The predicted molar refractivity (Wildman–Crippen MR) is 116 cm³/mol. The molecule has 0 spiro atoms. The molecule has 3 unspecified atom stereocenters. The number of rotatable bonds is 7. The molecule has 2 saturated heterocycles. The van der Waals surface area contributed by atoms with E-state index in [0.29, 0.717) is 6.54 Å². The maximum Gasteiger partial charge on any atom is 0.327 e. The minimum absolute atomic E-state index is 0.216. The second kappa shape index (κ2) is 8.92. The first-order valence-electron chi connectivity index (χ1n) is 11.1. The van der Waals surface area contributed by atoms with Crippen molar-refractivity contribution in [1.82, 2.24) is 25.0 Å². The molecular weight excluding hydrogens is 399 g/mol. The summed E-state index contributed by atoms with van der Waals surface area (Å²) in [7, 11) is 3.24. The highest BCUT2D eigenvalue weighted by molar-refractivity contribution is 6.04. The van der Waals surface area contributed by atoms with E-state index in [0.717, 1.165) is 30.7 Å². The van der Waals surface area contributed by atoms with Crippen molar-refractivity contribution < 1.29 is 14.0 Å². The summed E-state index contributed by atoms with van der Waals surface area (Å²) in [5.74, 6) is -0.510. The Hall–Kier alpha value is -2.52. The SMILES string of the molecule is CCCCCCCN1N=C(c2ccc(F)cc2)CN2C3C(=O)N(C)C(=O)N(C)C3NC12. The molecule has 168 valence electrons. The van der Waals surface area contributed by atoms with Crippen molar-refractivity contribution in [1.29, 1.82) is 0 Å². The number of nitrogens with zero attached hydrogens (tertiary/aromatic N) is 5. The zero-order valence-corrected chi connectivity index (χ0v) is 18.4. The summed E-state index contributed by atoms with van der Waals surface area (Å²) in [4.78, 5) is 30.3. The van der Waals surface area contributed by atoms with Crippen LogP contribution in [0.3, 0.4) is 0 Å². The van der Waals surface area contributed by atoms with Gasteiger partial charge in [-0.25, -0.2) is 14.1 Å². The summed E-state index contributed by atoms with van der Waals surface area (Å²) in [6, 6.07) is 5.49. The first-order valence-corrected chi connectivity index (χ1v) is 11.1. The Balaban J connectivity index is 1.60. The number of amides is 3. The molecule has 1 aromatic rings. The number of likely N-dealkylation sites (N-methyl/N-ethyl adjacent to an activating group) is 2. The van der Waals surface area contributed by atoms with Crippen molar-refractivity contribution in [2.45, 2.75) is 57.5 Å². The van der Waals surface area contributed by atoms with Gasteiger partial charge in [-0.15, -0.1) is 0 Å². The van der Waals surface area contributed by atoms with Crippen LogP contribution in [0.2, 0.25) is 0 Å². The van der Waals surface area contributed by atoms with Crippen LogP contribution < -0.4 is 5.32 Å². The van der Waals surface area contributed by atoms with Gasteiger partial charge in [0.2, 0.25) is 0 Å². The number of halogens is 1. The van der Waals surface area contributed by atoms with Gasteiger partial charge < -0.3 is 4.90 Å². The van der Waals surface area contributed by atoms with Crippen LogP contribution in [-0.4, -0.2) is 83.0 Å². The van der Waals surface area contributed by atoms with E-state index in [-0.39, 0.29) is 24.0 Å². The van der Waals surface area contributed by atoms with Gasteiger partial charge in [0.15, 0.2) is 6.29 Å². The molecule has 4 rings (SSSR count). The molecule has 0 radical (unpaired) electrons. The Morgan fingerprint density at radius 2 is 1.81 bits per heavy atom. The third kappa shape index (κ3) is 4.04. The van der Waals surface area contributed by atoms with Gasteiger partial charge in [0.25, 0.3) is 5.91 Å². The summed E-state index contributed by atoms with van der Waals surface area (Å²) >= 11 is 0. The number of imide groups is 1. The smallest absolute Gasteiger partial charge is 0.310 e. The van der Waals surface area contributed by atoms with E-state index >= 15 is 0 Å². The Morgan fingerprint density at radius 1 is 1.10 bits per heavy atom. The van der Waals surface area contributed by atoms with Crippen LogP contribution in [0.4, 0.5) is 9.18 Å². The van der Waals surface area contributed by atoms with E-state index in [1.165, 1.54) is 43.3 Å². The average Bonchev–Trinajstić information content (AvgIpc) is 3.16. The predicted octanol–water partition coefficient (Wildman–Crippen LogP) is 2.22. The highest BCUT2D eigenvalue weighted by atomic mass is 19.1. The van der Waals surface area contributed by atoms with Crippen LogP contribution in [0.25, 0.3) is 0 Å². The fourth-order valence-electron chi connectivity index (χ4n) is 4.62. The average molecular weight is 431 g/mol. The quantitative estimate of drug-likeness (QED) is 0.672. The number of hydrogen-bond donors (Lipinski definition) is 1. The lowest BCUT2D eigenvalue weighted by atomic mass is 10.1.